The summed E-state index contributed by atoms with van der Waals surface area (Å²) in [4.78, 5) is 12.4. The maximum absolute atomic E-state index is 13.3. The predicted molar refractivity (Wildman–Crippen MR) is 120 cm³/mol. The lowest BCUT2D eigenvalue weighted by molar-refractivity contribution is 0.215. The first kappa shape index (κ1) is 20.4. The molecule has 0 fully saturated rings. The predicted octanol–water partition coefficient (Wildman–Crippen LogP) is 5.80. The normalized spacial score (nSPS) is 11.0. The lowest BCUT2D eigenvalue weighted by Gasteiger charge is -2.12. The van der Waals surface area contributed by atoms with E-state index in [1.807, 2.05) is 42.5 Å². The van der Waals surface area contributed by atoms with Crippen molar-refractivity contribution in [2.75, 3.05) is 5.32 Å². The van der Waals surface area contributed by atoms with Crippen LogP contribution < -0.4 is 10.1 Å². The van der Waals surface area contributed by atoms with Crippen molar-refractivity contribution in [3.05, 3.63) is 109 Å². The summed E-state index contributed by atoms with van der Waals surface area (Å²) in [6.07, 6.45) is -0.656. The van der Waals surface area contributed by atoms with Crippen molar-refractivity contribution in [2.24, 2.45) is 0 Å². The monoisotopic (exact) mass is 429 g/mol. The zero-order chi connectivity index (χ0) is 21.7. The van der Waals surface area contributed by atoms with Crippen LogP contribution in [-0.2, 0) is 9.84 Å². The molecule has 4 rings (SSSR count). The van der Waals surface area contributed by atoms with Crippen molar-refractivity contribution in [3.8, 4) is 16.9 Å². The zero-order valence-electron chi connectivity index (χ0n) is 16.4. The molecule has 0 aliphatic heterocycles. The van der Waals surface area contributed by atoms with Gasteiger partial charge in [0.05, 0.1) is 9.79 Å². The van der Waals surface area contributed by atoms with Gasteiger partial charge in [0.2, 0.25) is 9.84 Å². The number of rotatable bonds is 5. The molecule has 154 valence electrons. The first-order valence-electron chi connectivity index (χ1n) is 9.57. The lowest BCUT2D eigenvalue weighted by Crippen LogP contribution is -2.16. The molecule has 0 atom stereocenters. The number of carbonyl (C=O) groups is 1. The average molecular weight is 429 g/mol. The Balaban J connectivity index is 1.56. The van der Waals surface area contributed by atoms with Crippen molar-refractivity contribution in [1.82, 2.24) is 0 Å². The van der Waals surface area contributed by atoms with Crippen LogP contribution in [0.25, 0.3) is 11.1 Å². The Kier molecular flexibility index (Phi) is 5.82. The van der Waals surface area contributed by atoms with Gasteiger partial charge in [-0.2, -0.15) is 0 Å². The first-order valence-corrected chi connectivity index (χ1v) is 11.1. The van der Waals surface area contributed by atoms with Gasteiger partial charge in [0, 0.05) is 11.3 Å². The molecule has 4 aromatic rings. The van der Waals surface area contributed by atoms with E-state index < -0.39 is 15.9 Å². The summed E-state index contributed by atoms with van der Waals surface area (Å²) in [6.45, 7) is 0. The van der Waals surface area contributed by atoms with Crippen molar-refractivity contribution in [2.45, 2.75) is 9.79 Å². The third kappa shape index (κ3) is 4.65. The third-order valence-corrected chi connectivity index (χ3v) is 6.45. The number of para-hydroxylation sites is 1. The first-order chi connectivity index (χ1) is 15.0. The molecule has 5 nitrogen and oxygen atoms in total. The topological polar surface area (TPSA) is 72.5 Å². The molecule has 0 saturated carbocycles. The second-order valence-electron chi connectivity index (χ2n) is 6.72. The van der Waals surface area contributed by atoms with Gasteiger partial charge in [-0.25, -0.2) is 13.2 Å². The molecule has 1 amide bonds. The van der Waals surface area contributed by atoms with Crippen LogP contribution in [0.1, 0.15) is 0 Å². The second kappa shape index (κ2) is 8.85. The van der Waals surface area contributed by atoms with Gasteiger partial charge < -0.3 is 4.74 Å². The van der Waals surface area contributed by atoms with Crippen molar-refractivity contribution in [1.29, 1.82) is 0 Å². The maximum Gasteiger partial charge on any atom is 0.417 e. The highest BCUT2D eigenvalue weighted by molar-refractivity contribution is 7.91. The van der Waals surface area contributed by atoms with Crippen LogP contribution in [-0.4, -0.2) is 14.5 Å². The van der Waals surface area contributed by atoms with Crippen LogP contribution in [0.2, 0.25) is 0 Å². The molecule has 0 aromatic heterocycles. The van der Waals surface area contributed by atoms with E-state index in [9.17, 15) is 13.2 Å². The van der Waals surface area contributed by atoms with E-state index in [2.05, 4.69) is 5.32 Å². The molecule has 6 heteroatoms. The Bertz CT molecular complexity index is 1290. The number of ether oxygens (including phenoxy) is 1. The van der Waals surface area contributed by atoms with Crippen LogP contribution in [0.4, 0.5) is 10.5 Å². The molecule has 1 N–H and O–H groups in total. The fraction of sp³-hybridized carbons (Fsp3) is 0. The van der Waals surface area contributed by atoms with Crippen LogP contribution in [0.3, 0.4) is 0 Å². The summed E-state index contributed by atoms with van der Waals surface area (Å²) in [7, 11) is -3.76. The summed E-state index contributed by atoms with van der Waals surface area (Å²) in [6, 6.07) is 30.9. The molecule has 0 aliphatic rings. The molecule has 0 radical (unpaired) electrons. The van der Waals surface area contributed by atoms with E-state index in [1.54, 1.807) is 42.5 Å². The fourth-order valence-electron chi connectivity index (χ4n) is 3.14. The summed E-state index contributed by atoms with van der Waals surface area (Å²) in [5.41, 5.74) is 1.89. The molecule has 0 bridgehead atoms. The highest BCUT2D eigenvalue weighted by Gasteiger charge is 2.21. The van der Waals surface area contributed by atoms with E-state index in [1.165, 1.54) is 24.3 Å². The third-order valence-electron chi connectivity index (χ3n) is 4.63. The number of amides is 1. The molecule has 4 aromatic carbocycles. The summed E-state index contributed by atoms with van der Waals surface area (Å²) >= 11 is 0. The Morgan fingerprint density at radius 2 is 1.26 bits per heavy atom. The number of carbonyl (C=O) groups excluding carboxylic acids is 1. The quantitative estimate of drug-likeness (QED) is 0.435. The smallest absolute Gasteiger partial charge is 0.410 e. The van der Waals surface area contributed by atoms with E-state index in [0.717, 1.165) is 5.56 Å². The van der Waals surface area contributed by atoms with Gasteiger partial charge in [-0.3, -0.25) is 5.32 Å². The van der Waals surface area contributed by atoms with Gasteiger partial charge in [-0.15, -0.1) is 0 Å². The average Bonchev–Trinajstić information content (AvgIpc) is 2.80. The molecular weight excluding hydrogens is 410 g/mol. The molecule has 31 heavy (non-hydrogen) atoms. The summed E-state index contributed by atoms with van der Waals surface area (Å²) in [5.74, 6) is 0.414. The fourth-order valence-corrected chi connectivity index (χ4v) is 4.62. The Morgan fingerprint density at radius 3 is 1.94 bits per heavy atom. The standard InChI is InChI=1S/C25H19NO4S/c27-25(30-21-11-5-2-6-12-21)26-20-15-17-22(18-16-20)31(28,29)24-14-8-7-13-23(24)19-9-3-1-4-10-19/h1-18H,(H,26,27). The van der Waals surface area contributed by atoms with Gasteiger partial charge in [0.1, 0.15) is 5.75 Å². The highest BCUT2D eigenvalue weighted by atomic mass is 32.2. The largest absolute Gasteiger partial charge is 0.417 e. The molecule has 0 aliphatic carbocycles. The number of benzene rings is 4. The van der Waals surface area contributed by atoms with Crippen LogP contribution in [0, 0.1) is 0 Å². The van der Waals surface area contributed by atoms with Crippen LogP contribution in [0.5, 0.6) is 5.75 Å². The number of hydrogen-bond acceptors (Lipinski definition) is 4. The highest BCUT2D eigenvalue weighted by Crippen LogP contribution is 2.31. The minimum Gasteiger partial charge on any atom is -0.410 e. The van der Waals surface area contributed by atoms with E-state index in [0.29, 0.717) is 17.0 Å². The minimum atomic E-state index is -3.76. The zero-order valence-corrected chi connectivity index (χ0v) is 17.3. The number of hydrogen-bond donors (Lipinski definition) is 1. The summed E-state index contributed by atoms with van der Waals surface area (Å²) in [5, 5.41) is 2.59. The van der Waals surface area contributed by atoms with Crippen LogP contribution >= 0.6 is 0 Å². The van der Waals surface area contributed by atoms with Crippen molar-refractivity contribution < 1.29 is 17.9 Å². The SMILES string of the molecule is O=C(Nc1ccc(S(=O)(=O)c2ccccc2-c2ccccc2)cc1)Oc1ccccc1. The molecule has 0 unspecified atom stereocenters. The van der Waals surface area contributed by atoms with E-state index >= 15 is 0 Å². The molecule has 0 spiro atoms. The maximum atomic E-state index is 13.3. The van der Waals surface area contributed by atoms with Crippen molar-refractivity contribution >= 4 is 21.6 Å². The lowest BCUT2D eigenvalue weighted by atomic mass is 10.1. The summed E-state index contributed by atoms with van der Waals surface area (Å²) < 4.78 is 31.8. The van der Waals surface area contributed by atoms with Crippen LogP contribution in [0.15, 0.2) is 119 Å². The van der Waals surface area contributed by atoms with Crippen molar-refractivity contribution in [3.63, 3.8) is 0 Å². The van der Waals surface area contributed by atoms with Gasteiger partial charge in [0.25, 0.3) is 0 Å². The Labute approximate surface area is 180 Å². The Morgan fingerprint density at radius 1 is 0.677 bits per heavy atom. The van der Waals surface area contributed by atoms with Gasteiger partial charge in [-0.05, 0) is 48.0 Å². The van der Waals surface area contributed by atoms with Gasteiger partial charge in [0.15, 0.2) is 0 Å². The second-order valence-corrected chi connectivity index (χ2v) is 8.64. The number of sulfone groups is 1. The van der Waals surface area contributed by atoms with Gasteiger partial charge >= 0.3 is 6.09 Å². The Hall–Kier alpha value is -3.90. The van der Waals surface area contributed by atoms with E-state index in [-0.39, 0.29) is 9.79 Å². The molecule has 0 heterocycles. The minimum absolute atomic E-state index is 0.137. The number of anilines is 1. The number of nitrogens with one attached hydrogen (secondary N) is 1. The molecule has 0 saturated heterocycles. The van der Waals surface area contributed by atoms with E-state index in [4.69, 9.17) is 4.74 Å². The molecular formula is C25H19NO4S. The van der Waals surface area contributed by atoms with Gasteiger partial charge in [-0.1, -0.05) is 66.7 Å².